The van der Waals surface area contributed by atoms with Crippen molar-refractivity contribution in [1.82, 2.24) is 15.5 Å². The van der Waals surface area contributed by atoms with Crippen molar-refractivity contribution in [1.29, 1.82) is 0 Å². The lowest BCUT2D eigenvalue weighted by Crippen LogP contribution is -2.50. The van der Waals surface area contributed by atoms with Gasteiger partial charge in [0, 0.05) is 18.5 Å². The summed E-state index contributed by atoms with van der Waals surface area (Å²) in [5.41, 5.74) is 0.384. The van der Waals surface area contributed by atoms with Crippen molar-refractivity contribution >= 4 is 27.9 Å². The van der Waals surface area contributed by atoms with Gasteiger partial charge in [-0.2, -0.15) is 13.5 Å². The third-order valence-electron chi connectivity index (χ3n) is 2.52. The molecule has 1 saturated heterocycles. The maximum Gasteiger partial charge on any atom is 0.329 e. The van der Waals surface area contributed by atoms with Gasteiger partial charge in [0.1, 0.15) is 0 Å². The fourth-order valence-electron chi connectivity index (χ4n) is 1.63. The van der Waals surface area contributed by atoms with Gasteiger partial charge in [-0.25, -0.2) is 4.79 Å². The topological polar surface area (TPSA) is 119 Å². The number of carbonyl (C=O) groups is 2. The Labute approximate surface area is 115 Å². The van der Waals surface area contributed by atoms with E-state index in [9.17, 15) is 18.0 Å². The van der Waals surface area contributed by atoms with Gasteiger partial charge in [0.25, 0.3) is 10.1 Å². The summed E-state index contributed by atoms with van der Waals surface area (Å²) >= 11 is 0. The quantitative estimate of drug-likeness (QED) is 0.737. The van der Waals surface area contributed by atoms with Crippen LogP contribution in [0.1, 0.15) is 12.0 Å². The molecule has 0 atom stereocenters. The molecule has 1 aliphatic rings. The largest absolute Gasteiger partial charge is 0.329 e. The Balaban J connectivity index is 2.23. The van der Waals surface area contributed by atoms with E-state index in [1.165, 1.54) is 17.2 Å². The van der Waals surface area contributed by atoms with Crippen molar-refractivity contribution in [3.05, 3.63) is 17.8 Å². The van der Waals surface area contributed by atoms with E-state index >= 15 is 0 Å². The lowest BCUT2D eigenvalue weighted by atomic mass is 10.2. The molecule has 108 valence electrons. The van der Waals surface area contributed by atoms with Gasteiger partial charge in [-0.1, -0.05) is 0 Å². The molecule has 1 fully saturated rings. The number of amides is 3. The van der Waals surface area contributed by atoms with Gasteiger partial charge in [-0.15, -0.1) is 5.10 Å². The molecule has 0 spiro atoms. The summed E-state index contributed by atoms with van der Waals surface area (Å²) in [6.07, 6.45) is 2.42. The molecule has 0 saturated carbocycles. The van der Waals surface area contributed by atoms with Crippen LogP contribution < -0.4 is 10.2 Å². The molecular weight excluding hydrogens is 288 g/mol. The van der Waals surface area contributed by atoms with E-state index in [2.05, 4.69) is 19.7 Å². The predicted octanol–water partition coefficient (Wildman–Crippen LogP) is -0.601. The van der Waals surface area contributed by atoms with Crippen LogP contribution in [0.15, 0.2) is 12.3 Å². The molecule has 0 aliphatic carbocycles. The number of hydrogen-bond donors (Lipinski definition) is 1. The van der Waals surface area contributed by atoms with Crippen molar-refractivity contribution in [2.24, 2.45) is 0 Å². The molecule has 0 radical (unpaired) electrons. The number of imide groups is 1. The predicted molar refractivity (Wildman–Crippen MR) is 67.2 cm³/mol. The Morgan fingerprint density at radius 2 is 2.20 bits per heavy atom. The molecule has 1 N–H and O–H groups in total. The number of nitrogens with zero attached hydrogens (tertiary/aromatic N) is 3. The standard InChI is InChI=1S/C10H12N4O5S/c1-20(17,18)19-6-7-2-4-11-13-9(7)14-5-3-8(15)12-10(14)16/h2,4H,3,5-6H2,1H3,(H,12,15,16). The highest BCUT2D eigenvalue weighted by molar-refractivity contribution is 7.85. The fourth-order valence-corrected chi connectivity index (χ4v) is 1.97. The monoisotopic (exact) mass is 300 g/mol. The van der Waals surface area contributed by atoms with E-state index in [1.54, 1.807) is 0 Å². The van der Waals surface area contributed by atoms with Crippen LogP contribution in [0.4, 0.5) is 10.6 Å². The second kappa shape index (κ2) is 5.51. The molecule has 2 heterocycles. The highest BCUT2D eigenvalue weighted by Gasteiger charge is 2.27. The van der Waals surface area contributed by atoms with Gasteiger partial charge >= 0.3 is 6.03 Å². The summed E-state index contributed by atoms with van der Waals surface area (Å²) in [5, 5.41) is 9.61. The zero-order chi connectivity index (χ0) is 14.8. The van der Waals surface area contributed by atoms with Crippen LogP contribution in [-0.2, 0) is 25.7 Å². The Morgan fingerprint density at radius 1 is 1.45 bits per heavy atom. The van der Waals surface area contributed by atoms with Crippen molar-refractivity contribution in [3.63, 3.8) is 0 Å². The molecule has 0 aromatic carbocycles. The van der Waals surface area contributed by atoms with Gasteiger partial charge in [-0.3, -0.25) is 19.2 Å². The van der Waals surface area contributed by atoms with Crippen molar-refractivity contribution in [2.75, 3.05) is 17.7 Å². The minimum Gasteiger partial charge on any atom is -0.278 e. The third-order valence-corrected chi connectivity index (χ3v) is 3.07. The lowest BCUT2D eigenvalue weighted by Gasteiger charge is -2.26. The van der Waals surface area contributed by atoms with E-state index < -0.39 is 16.1 Å². The first-order valence-corrected chi connectivity index (χ1v) is 7.45. The van der Waals surface area contributed by atoms with Crippen LogP contribution in [0.2, 0.25) is 0 Å². The van der Waals surface area contributed by atoms with E-state index in [1.807, 2.05) is 0 Å². The summed E-state index contributed by atoms with van der Waals surface area (Å²) in [4.78, 5) is 24.0. The molecular formula is C10H12N4O5S. The van der Waals surface area contributed by atoms with Gasteiger partial charge in [0.05, 0.1) is 19.1 Å². The fraction of sp³-hybridized carbons (Fsp3) is 0.400. The Morgan fingerprint density at radius 3 is 2.85 bits per heavy atom. The van der Waals surface area contributed by atoms with Crippen molar-refractivity contribution < 1.29 is 22.2 Å². The summed E-state index contributed by atoms with van der Waals surface area (Å²) in [6.45, 7) is -0.114. The van der Waals surface area contributed by atoms with Gasteiger partial charge in [-0.05, 0) is 6.07 Å². The molecule has 3 amide bonds. The molecule has 10 heteroatoms. The van der Waals surface area contributed by atoms with Crippen LogP contribution >= 0.6 is 0 Å². The SMILES string of the molecule is CS(=O)(=O)OCc1ccnnc1N1CCC(=O)NC1=O. The number of carbonyl (C=O) groups excluding carboxylic acids is 2. The lowest BCUT2D eigenvalue weighted by molar-refractivity contribution is -0.120. The number of hydrogen-bond acceptors (Lipinski definition) is 7. The van der Waals surface area contributed by atoms with E-state index in [0.29, 0.717) is 5.56 Å². The Bertz CT molecular complexity index is 645. The highest BCUT2D eigenvalue weighted by atomic mass is 32.2. The molecule has 1 aromatic rings. The zero-order valence-corrected chi connectivity index (χ0v) is 11.4. The Kier molecular flexibility index (Phi) is 3.95. The van der Waals surface area contributed by atoms with E-state index in [0.717, 1.165) is 6.26 Å². The summed E-state index contributed by atoms with van der Waals surface area (Å²) in [6, 6.07) is 0.874. The van der Waals surface area contributed by atoms with Gasteiger partial charge < -0.3 is 0 Å². The van der Waals surface area contributed by atoms with Gasteiger partial charge in [0.2, 0.25) is 5.91 Å². The average molecular weight is 300 g/mol. The minimum atomic E-state index is -3.61. The van der Waals surface area contributed by atoms with Crippen molar-refractivity contribution in [3.8, 4) is 0 Å². The van der Waals surface area contributed by atoms with Gasteiger partial charge in [0.15, 0.2) is 5.82 Å². The summed E-state index contributed by atoms with van der Waals surface area (Å²) < 4.78 is 26.7. The molecule has 2 rings (SSSR count). The number of nitrogens with one attached hydrogen (secondary N) is 1. The maximum absolute atomic E-state index is 11.7. The minimum absolute atomic E-state index is 0.134. The van der Waals surface area contributed by atoms with Crippen LogP contribution in [-0.4, -0.2) is 43.4 Å². The number of urea groups is 1. The van der Waals surface area contributed by atoms with Crippen LogP contribution in [0.5, 0.6) is 0 Å². The smallest absolute Gasteiger partial charge is 0.278 e. The average Bonchev–Trinajstić information content (AvgIpc) is 2.36. The first-order chi connectivity index (χ1) is 9.37. The second-order valence-corrected chi connectivity index (χ2v) is 5.75. The van der Waals surface area contributed by atoms with Crippen LogP contribution in [0.3, 0.4) is 0 Å². The number of anilines is 1. The molecule has 20 heavy (non-hydrogen) atoms. The van der Waals surface area contributed by atoms with E-state index in [4.69, 9.17) is 0 Å². The molecule has 1 aromatic heterocycles. The zero-order valence-electron chi connectivity index (χ0n) is 10.6. The molecule has 1 aliphatic heterocycles. The summed E-state index contributed by atoms with van der Waals surface area (Å²) in [5.74, 6) is -0.203. The molecule has 0 bridgehead atoms. The number of aromatic nitrogens is 2. The second-order valence-electron chi connectivity index (χ2n) is 4.10. The van der Waals surface area contributed by atoms with Crippen LogP contribution in [0, 0.1) is 0 Å². The highest BCUT2D eigenvalue weighted by Crippen LogP contribution is 2.19. The first-order valence-electron chi connectivity index (χ1n) is 5.63. The first kappa shape index (κ1) is 14.3. The van der Waals surface area contributed by atoms with Crippen LogP contribution in [0.25, 0.3) is 0 Å². The number of rotatable bonds is 4. The maximum atomic E-state index is 11.7. The molecule has 0 unspecified atom stereocenters. The molecule has 9 nitrogen and oxygen atoms in total. The summed E-state index contributed by atoms with van der Waals surface area (Å²) in [7, 11) is -3.61. The normalized spacial score (nSPS) is 16.1. The Hall–Kier alpha value is -2.07. The van der Waals surface area contributed by atoms with Crippen molar-refractivity contribution in [2.45, 2.75) is 13.0 Å². The van der Waals surface area contributed by atoms with E-state index in [-0.39, 0.29) is 31.3 Å². The third kappa shape index (κ3) is 3.48.